The van der Waals surface area contributed by atoms with Crippen LogP contribution >= 0.6 is 34.8 Å². The molecule has 0 unspecified atom stereocenters. The Hall–Kier alpha value is -0.250. The van der Waals surface area contributed by atoms with E-state index in [1.807, 2.05) is 0 Å². The number of oxime groups is 1. The zero-order valence-corrected chi connectivity index (χ0v) is 9.10. The molecule has 0 saturated carbocycles. The van der Waals surface area contributed by atoms with Gasteiger partial charge in [0, 0.05) is 6.08 Å². The van der Waals surface area contributed by atoms with Crippen molar-refractivity contribution in [3.63, 3.8) is 0 Å². The van der Waals surface area contributed by atoms with Crippen LogP contribution in [0.5, 0.6) is 0 Å². The number of hydrogen-bond donors (Lipinski definition) is 0. The number of allylic oxidation sites excluding steroid dienone is 1. The average Bonchev–Trinajstić information content (AvgIpc) is 2.05. The summed E-state index contributed by atoms with van der Waals surface area (Å²) in [6, 6.07) is 0. The average molecular weight is 245 g/mol. The molecule has 0 spiro atoms. The maximum absolute atomic E-state index is 10.7. The highest BCUT2D eigenvalue weighted by Crippen LogP contribution is 2.06. The summed E-state index contributed by atoms with van der Waals surface area (Å²) in [5, 5.41) is 3.38. The number of alkyl halides is 3. The van der Waals surface area contributed by atoms with Gasteiger partial charge in [-0.1, -0.05) is 34.4 Å². The molecule has 74 valence electrons. The fourth-order valence-corrected chi connectivity index (χ4v) is 0.988. The second-order valence-corrected chi connectivity index (χ2v) is 3.29. The molecule has 0 atom stereocenters. The molecule has 0 aromatic rings. The first-order chi connectivity index (χ1) is 6.11. The Bertz CT molecular complexity index is 226. The molecule has 0 aliphatic carbocycles. The third-order valence-electron chi connectivity index (χ3n) is 0.944. The predicted molar refractivity (Wildman–Crippen MR) is 54.6 cm³/mol. The molecule has 6 heteroatoms. The largest absolute Gasteiger partial charge is 0.358 e. The minimum absolute atomic E-state index is 0.0147. The highest BCUT2D eigenvalue weighted by molar-refractivity contribution is 6.56. The highest BCUT2D eigenvalue weighted by atomic mass is 35.5. The summed E-state index contributed by atoms with van der Waals surface area (Å²) in [6.07, 6.45) is 2.74. The van der Waals surface area contributed by atoms with Crippen LogP contribution in [0.2, 0.25) is 0 Å². The quantitative estimate of drug-likeness (QED) is 0.251. The number of rotatable bonds is 4. The van der Waals surface area contributed by atoms with Gasteiger partial charge >= 0.3 is 5.97 Å². The first-order valence-electron chi connectivity index (χ1n) is 3.36. The van der Waals surface area contributed by atoms with E-state index < -0.39 is 10.8 Å². The number of hydrogen-bond acceptors (Lipinski definition) is 3. The summed E-state index contributed by atoms with van der Waals surface area (Å²) in [5.41, 5.74) is 0.197. The number of carbonyl (C=O) groups is 1. The topological polar surface area (TPSA) is 38.7 Å². The van der Waals surface area contributed by atoms with Crippen LogP contribution in [-0.4, -0.2) is 22.4 Å². The molecular weight excluding hydrogens is 236 g/mol. The zero-order chi connectivity index (χ0) is 10.3. The van der Waals surface area contributed by atoms with E-state index in [1.165, 1.54) is 12.2 Å². The van der Waals surface area contributed by atoms with Gasteiger partial charge in [-0.25, -0.2) is 4.79 Å². The summed E-state index contributed by atoms with van der Waals surface area (Å²) >= 11 is 16.3. The Kier molecular flexibility index (Phi) is 7.04. The molecule has 0 aliphatic rings. The first kappa shape index (κ1) is 12.8. The van der Waals surface area contributed by atoms with Gasteiger partial charge in [-0.05, 0) is 6.92 Å². The fourth-order valence-electron chi connectivity index (χ4n) is 0.393. The van der Waals surface area contributed by atoms with Crippen LogP contribution < -0.4 is 0 Å². The minimum atomic E-state index is -0.865. The SMILES string of the molecule is C/C=C/C(=O)ON=C(CCl)C(Cl)Cl. The van der Waals surface area contributed by atoms with Crippen molar-refractivity contribution in [1.29, 1.82) is 0 Å². The van der Waals surface area contributed by atoms with Crippen molar-refractivity contribution in [2.24, 2.45) is 5.16 Å². The van der Waals surface area contributed by atoms with Crippen LogP contribution in [0.3, 0.4) is 0 Å². The van der Waals surface area contributed by atoms with Crippen molar-refractivity contribution < 1.29 is 9.63 Å². The van der Waals surface area contributed by atoms with Gasteiger partial charge in [-0.3, -0.25) is 0 Å². The third kappa shape index (κ3) is 5.91. The standard InChI is InChI=1S/C7H8Cl3NO2/c1-2-3-6(12)13-11-5(4-8)7(9)10/h2-3,7H,4H2,1H3/b3-2+,11-5?. The van der Waals surface area contributed by atoms with E-state index in [2.05, 4.69) is 9.99 Å². The van der Waals surface area contributed by atoms with Crippen LogP contribution in [0.15, 0.2) is 17.3 Å². The Balaban J connectivity index is 4.14. The molecule has 0 heterocycles. The molecule has 0 bridgehead atoms. The van der Waals surface area contributed by atoms with Gasteiger partial charge < -0.3 is 4.84 Å². The van der Waals surface area contributed by atoms with Crippen LogP contribution in [0.25, 0.3) is 0 Å². The van der Waals surface area contributed by atoms with Gasteiger partial charge in [-0.2, -0.15) is 0 Å². The Morgan fingerprint density at radius 3 is 2.62 bits per heavy atom. The number of carbonyl (C=O) groups excluding carboxylic acids is 1. The van der Waals surface area contributed by atoms with Crippen molar-refractivity contribution in [3.05, 3.63) is 12.2 Å². The van der Waals surface area contributed by atoms with Crippen molar-refractivity contribution >= 4 is 46.5 Å². The van der Waals surface area contributed by atoms with E-state index in [1.54, 1.807) is 6.92 Å². The lowest BCUT2D eigenvalue weighted by Crippen LogP contribution is -2.11. The van der Waals surface area contributed by atoms with Crippen molar-refractivity contribution in [2.45, 2.75) is 11.8 Å². The first-order valence-corrected chi connectivity index (χ1v) is 4.77. The summed E-state index contributed by atoms with van der Waals surface area (Å²) < 4.78 is 0. The minimum Gasteiger partial charge on any atom is -0.313 e. The summed E-state index contributed by atoms with van der Waals surface area (Å²) in [5.74, 6) is -0.583. The lowest BCUT2D eigenvalue weighted by molar-refractivity contribution is -0.137. The molecule has 0 rings (SSSR count). The van der Waals surface area contributed by atoms with Gasteiger partial charge in [-0.15, -0.1) is 11.6 Å². The molecule has 0 amide bonds. The van der Waals surface area contributed by atoms with E-state index in [4.69, 9.17) is 34.8 Å². The van der Waals surface area contributed by atoms with E-state index in [0.29, 0.717) is 0 Å². The van der Waals surface area contributed by atoms with Crippen LogP contribution in [0.4, 0.5) is 0 Å². The second-order valence-electron chi connectivity index (χ2n) is 1.93. The van der Waals surface area contributed by atoms with Crippen molar-refractivity contribution in [2.75, 3.05) is 5.88 Å². The Morgan fingerprint density at radius 2 is 2.23 bits per heavy atom. The normalized spacial score (nSPS) is 12.5. The van der Waals surface area contributed by atoms with Gasteiger partial charge in [0.1, 0.15) is 10.5 Å². The second kappa shape index (κ2) is 7.18. The summed E-state index contributed by atoms with van der Waals surface area (Å²) in [7, 11) is 0. The summed E-state index contributed by atoms with van der Waals surface area (Å²) in [6.45, 7) is 1.68. The molecule has 0 aliphatic heterocycles. The van der Waals surface area contributed by atoms with Gasteiger partial charge in [0.05, 0.1) is 5.88 Å². The van der Waals surface area contributed by atoms with E-state index in [9.17, 15) is 4.79 Å². The fraction of sp³-hybridized carbons (Fsp3) is 0.429. The number of nitrogens with zero attached hydrogens (tertiary/aromatic N) is 1. The molecule has 0 N–H and O–H groups in total. The molecule has 0 aromatic heterocycles. The van der Waals surface area contributed by atoms with Crippen molar-refractivity contribution in [1.82, 2.24) is 0 Å². The lowest BCUT2D eigenvalue weighted by atomic mass is 10.5. The molecular formula is C7H8Cl3NO2. The smallest absolute Gasteiger partial charge is 0.313 e. The number of halogens is 3. The lowest BCUT2D eigenvalue weighted by Gasteiger charge is -2.00. The Labute approximate surface area is 91.3 Å². The van der Waals surface area contributed by atoms with E-state index in [-0.39, 0.29) is 11.6 Å². The van der Waals surface area contributed by atoms with Crippen LogP contribution in [0, 0.1) is 0 Å². The van der Waals surface area contributed by atoms with E-state index in [0.717, 1.165) is 0 Å². The maximum Gasteiger partial charge on any atom is 0.358 e. The molecule has 0 aromatic carbocycles. The monoisotopic (exact) mass is 243 g/mol. The third-order valence-corrected chi connectivity index (χ3v) is 1.72. The maximum atomic E-state index is 10.7. The molecule has 0 fully saturated rings. The zero-order valence-electron chi connectivity index (χ0n) is 6.84. The van der Waals surface area contributed by atoms with Gasteiger partial charge in [0.2, 0.25) is 0 Å². The molecule has 13 heavy (non-hydrogen) atoms. The van der Waals surface area contributed by atoms with Gasteiger partial charge in [0.15, 0.2) is 0 Å². The van der Waals surface area contributed by atoms with E-state index >= 15 is 0 Å². The van der Waals surface area contributed by atoms with Crippen LogP contribution in [0.1, 0.15) is 6.92 Å². The molecule has 3 nitrogen and oxygen atoms in total. The molecule has 0 saturated heterocycles. The van der Waals surface area contributed by atoms with Gasteiger partial charge in [0.25, 0.3) is 0 Å². The highest BCUT2D eigenvalue weighted by Gasteiger charge is 2.09. The van der Waals surface area contributed by atoms with Crippen LogP contribution in [-0.2, 0) is 9.63 Å². The molecule has 0 radical (unpaired) electrons. The Morgan fingerprint density at radius 1 is 1.62 bits per heavy atom. The summed E-state index contributed by atoms with van der Waals surface area (Å²) in [4.78, 5) is 14.3. The van der Waals surface area contributed by atoms with Crippen molar-refractivity contribution in [3.8, 4) is 0 Å². The predicted octanol–water partition coefficient (Wildman–Crippen LogP) is 2.50.